The fourth-order valence-corrected chi connectivity index (χ4v) is 3.11. The molecule has 5 nitrogen and oxygen atoms in total. The molecular weight excluding hydrogens is 278 g/mol. The van der Waals surface area contributed by atoms with Crippen LogP contribution in [0, 0.1) is 11.3 Å². The van der Waals surface area contributed by atoms with Crippen LogP contribution in [0.5, 0.6) is 0 Å². The summed E-state index contributed by atoms with van der Waals surface area (Å²) in [5, 5.41) is 8.93. The minimum atomic E-state index is 0.0221. The van der Waals surface area contributed by atoms with Gasteiger partial charge in [0.1, 0.15) is 0 Å². The van der Waals surface area contributed by atoms with Crippen LogP contribution in [-0.2, 0) is 4.74 Å². The minimum Gasteiger partial charge on any atom is -0.377 e. The maximum absolute atomic E-state index is 12.5. The molecule has 2 saturated heterocycles. The summed E-state index contributed by atoms with van der Waals surface area (Å²) in [5.41, 5.74) is 1.13. The number of carbonyl (C=O) groups excluding carboxylic acids is 1. The Labute approximate surface area is 131 Å². The first-order valence-corrected chi connectivity index (χ1v) is 7.89. The molecule has 1 amide bonds. The lowest BCUT2D eigenvalue weighted by atomic mass is 10.1. The molecule has 1 aromatic carbocycles. The molecule has 116 valence electrons. The summed E-state index contributed by atoms with van der Waals surface area (Å²) >= 11 is 0. The Morgan fingerprint density at radius 3 is 2.82 bits per heavy atom. The molecule has 2 aliphatic rings. The van der Waals surface area contributed by atoms with E-state index in [1.54, 1.807) is 24.3 Å². The second kappa shape index (κ2) is 6.91. The van der Waals surface area contributed by atoms with E-state index in [9.17, 15) is 4.79 Å². The molecule has 0 aromatic heterocycles. The van der Waals surface area contributed by atoms with Crippen LogP contribution >= 0.6 is 0 Å². The lowest BCUT2D eigenvalue weighted by Crippen LogP contribution is -2.50. The van der Waals surface area contributed by atoms with E-state index in [1.165, 1.54) is 6.42 Å². The highest BCUT2D eigenvalue weighted by atomic mass is 16.5. The number of benzene rings is 1. The van der Waals surface area contributed by atoms with Crippen molar-refractivity contribution in [3.63, 3.8) is 0 Å². The number of ether oxygens (including phenoxy) is 1. The van der Waals surface area contributed by atoms with E-state index in [0.717, 1.165) is 45.8 Å². The van der Waals surface area contributed by atoms with Crippen LogP contribution in [0.2, 0.25) is 0 Å². The van der Waals surface area contributed by atoms with Crippen LogP contribution in [0.3, 0.4) is 0 Å². The largest absolute Gasteiger partial charge is 0.377 e. The zero-order valence-corrected chi connectivity index (χ0v) is 12.7. The second-order valence-electron chi connectivity index (χ2n) is 5.92. The molecule has 0 saturated carbocycles. The van der Waals surface area contributed by atoms with Gasteiger partial charge < -0.3 is 9.64 Å². The van der Waals surface area contributed by atoms with Crippen molar-refractivity contribution >= 4 is 5.91 Å². The van der Waals surface area contributed by atoms with Gasteiger partial charge in [0.25, 0.3) is 5.91 Å². The smallest absolute Gasteiger partial charge is 0.253 e. The van der Waals surface area contributed by atoms with Gasteiger partial charge in [-0.2, -0.15) is 5.26 Å². The van der Waals surface area contributed by atoms with Crippen molar-refractivity contribution in [3.8, 4) is 6.07 Å². The molecule has 0 radical (unpaired) electrons. The van der Waals surface area contributed by atoms with Gasteiger partial charge in [-0.25, -0.2) is 0 Å². The number of nitriles is 1. The molecule has 1 atom stereocenters. The minimum absolute atomic E-state index is 0.0221. The van der Waals surface area contributed by atoms with Gasteiger partial charge in [0.2, 0.25) is 0 Å². The number of piperazine rings is 1. The quantitative estimate of drug-likeness (QED) is 0.848. The van der Waals surface area contributed by atoms with Gasteiger partial charge in [0.15, 0.2) is 0 Å². The van der Waals surface area contributed by atoms with Crippen molar-refractivity contribution in [1.29, 1.82) is 5.26 Å². The van der Waals surface area contributed by atoms with Gasteiger partial charge in [-0.1, -0.05) is 6.07 Å². The third-order valence-electron chi connectivity index (χ3n) is 4.38. The van der Waals surface area contributed by atoms with Crippen molar-refractivity contribution in [2.45, 2.75) is 18.9 Å². The Morgan fingerprint density at radius 1 is 1.32 bits per heavy atom. The van der Waals surface area contributed by atoms with Crippen LogP contribution in [0.15, 0.2) is 24.3 Å². The molecule has 0 unspecified atom stereocenters. The third kappa shape index (κ3) is 3.46. The van der Waals surface area contributed by atoms with Crippen LogP contribution in [0.4, 0.5) is 0 Å². The zero-order valence-electron chi connectivity index (χ0n) is 12.7. The lowest BCUT2D eigenvalue weighted by molar-refractivity contribution is 0.0432. The number of carbonyl (C=O) groups is 1. The number of hydrogen-bond donors (Lipinski definition) is 0. The van der Waals surface area contributed by atoms with E-state index < -0.39 is 0 Å². The maximum Gasteiger partial charge on any atom is 0.253 e. The molecule has 0 N–H and O–H groups in total. The van der Waals surface area contributed by atoms with E-state index in [2.05, 4.69) is 11.0 Å². The first-order chi connectivity index (χ1) is 10.8. The van der Waals surface area contributed by atoms with Crippen LogP contribution < -0.4 is 0 Å². The van der Waals surface area contributed by atoms with Crippen molar-refractivity contribution in [3.05, 3.63) is 35.4 Å². The fraction of sp³-hybridized carbons (Fsp3) is 0.529. The maximum atomic E-state index is 12.5. The normalized spacial score (nSPS) is 22.5. The van der Waals surface area contributed by atoms with E-state index in [4.69, 9.17) is 10.00 Å². The molecule has 2 aliphatic heterocycles. The second-order valence-corrected chi connectivity index (χ2v) is 5.92. The summed E-state index contributed by atoms with van der Waals surface area (Å²) in [5.74, 6) is 0.0221. The summed E-state index contributed by atoms with van der Waals surface area (Å²) in [6.45, 7) is 5.13. The van der Waals surface area contributed by atoms with Gasteiger partial charge in [-0.3, -0.25) is 9.69 Å². The highest BCUT2D eigenvalue weighted by Gasteiger charge is 2.25. The Bertz CT molecular complexity index is 568. The van der Waals surface area contributed by atoms with Crippen LogP contribution in [-0.4, -0.2) is 61.1 Å². The van der Waals surface area contributed by atoms with Crippen molar-refractivity contribution in [2.24, 2.45) is 0 Å². The molecular formula is C17H21N3O2. The van der Waals surface area contributed by atoms with Gasteiger partial charge in [0, 0.05) is 44.9 Å². The standard InChI is InChI=1S/C17H21N3O2/c18-12-14-3-1-4-15(11-14)17(21)20-8-6-19(7-9-20)13-16-5-2-10-22-16/h1,3-4,11,16H,2,5-10,13H2/t16-/m0/s1. The Kier molecular flexibility index (Phi) is 4.71. The summed E-state index contributed by atoms with van der Waals surface area (Å²) in [6.07, 6.45) is 2.69. The molecule has 1 aromatic rings. The van der Waals surface area contributed by atoms with Gasteiger partial charge in [-0.05, 0) is 31.0 Å². The first-order valence-electron chi connectivity index (χ1n) is 7.89. The topological polar surface area (TPSA) is 56.6 Å². The highest BCUT2D eigenvalue weighted by molar-refractivity contribution is 5.94. The number of nitrogens with zero attached hydrogens (tertiary/aromatic N) is 3. The SMILES string of the molecule is N#Cc1cccc(C(=O)N2CCN(C[C@@H]3CCCO3)CC2)c1. The molecule has 5 heteroatoms. The van der Waals surface area contributed by atoms with Gasteiger partial charge in [0.05, 0.1) is 17.7 Å². The molecule has 2 heterocycles. The first kappa shape index (κ1) is 15.0. The molecule has 3 rings (SSSR count). The average molecular weight is 299 g/mol. The highest BCUT2D eigenvalue weighted by Crippen LogP contribution is 2.15. The molecule has 22 heavy (non-hydrogen) atoms. The van der Waals surface area contributed by atoms with Gasteiger partial charge in [-0.15, -0.1) is 0 Å². The number of amides is 1. The van der Waals surface area contributed by atoms with Crippen LogP contribution in [0.25, 0.3) is 0 Å². The predicted octanol–water partition coefficient (Wildman–Crippen LogP) is 1.50. The van der Waals surface area contributed by atoms with E-state index in [-0.39, 0.29) is 5.91 Å². The summed E-state index contributed by atoms with van der Waals surface area (Å²) in [7, 11) is 0. The van der Waals surface area contributed by atoms with E-state index in [1.807, 2.05) is 4.90 Å². The van der Waals surface area contributed by atoms with E-state index >= 15 is 0 Å². The summed E-state index contributed by atoms with van der Waals surface area (Å²) < 4.78 is 5.67. The Balaban J connectivity index is 1.54. The summed E-state index contributed by atoms with van der Waals surface area (Å²) in [6, 6.07) is 9.01. The van der Waals surface area contributed by atoms with Crippen molar-refractivity contribution in [1.82, 2.24) is 9.80 Å². The monoisotopic (exact) mass is 299 g/mol. The van der Waals surface area contributed by atoms with E-state index in [0.29, 0.717) is 17.2 Å². The molecule has 0 aliphatic carbocycles. The van der Waals surface area contributed by atoms with Crippen molar-refractivity contribution < 1.29 is 9.53 Å². The Morgan fingerprint density at radius 2 is 2.14 bits per heavy atom. The Hall–Kier alpha value is -1.90. The summed E-state index contributed by atoms with van der Waals surface area (Å²) in [4.78, 5) is 16.8. The van der Waals surface area contributed by atoms with Crippen LogP contribution in [0.1, 0.15) is 28.8 Å². The van der Waals surface area contributed by atoms with Gasteiger partial charge >= 0.3 is 0 Å². The molecule has 0 bridgehead atoms. The zero-order chi connectivity index (χ0) is 15.4. The fourth-order valence-electron chi connectivity index (χ4n) is 3.11. The lowest BCUT2D eigenvalue weighted by Gasteiger charge is -2.35. The van der Waals surface area contributed by atoms with Crippen molar-refractivity contribution in [2.75, 3.05) is 39.3 Å². The molecule has 0 spiro atoms. The number of rotatable bonds is 3. The number of hydrogen-bond acceptors (Lipinski definition) is 4. The third-order valence-corrected chi connectivity index (χ3v) is 4.38. The predicted molar refractivity (Wildman–Crippen MR) is 82.5 cm³/mol. The average Bonchev–Trinajstić information content (AvgIpc) is 3.08. The molecule has 2 fully saturated rings.